The van der Waals surface area contributed by atoms with Crippen molar-refractivity contribution in [2.24, 2.45) is 0 Å². The third-order valence-corrected chi connectivity index (χ3v) is 6.95. The fourth-order valence-electron chi connectivity index (χ4n) is 5.19. The van der Waals surface area contributed by atoms with Crippen LogP contribution >= 0.6 is 0 Å². The van der Waals surface area contributed by atoms with E-state index in [0.29, 0.717) is 6.04 Å². The molecule has 2 fully saturated rings. The van der Waals surface area contributed by atoms with Gasteiger partial charge in [0, 0.05) is 25.2 Å². The molecule has 2 heteroatoms. The van der Waals surface area contributed by atoms with Crippen molar-refractivity contribution in [2.75, 3.05) is 26.2 Å². The van der Waals surface area contributed by atoms with E-state index >= 15 is 0 Å². The summed E-state index contributed by atoms with van der Waals surface area (Å²) in [5, 5.41) is 0. The predicted molar refractivity (Wildman–Crippen MR) is 122 cm³/mol. The smallest absolute Gasteiger partial charge is 0.0288 e. The molecule has 0 aromatic heterocycles. The molecular formula is C26H42N2. The summed E-state index contributed by atoms with van der Waals surface area (Å²) in [7, 11) is 0. The van der Waals surface area contributed by atoms with Gasteiger partial charge in [-0.2, -0.15) is 0 Å². The fraction of sp³-hybridized carbons (Fsp3) is 0.692. The van der Waals surface area contributed by atoms with Crippen LogP contribution in [0.5, 0.6) is 0 Å². The van der Waals surface area contributed by atoms with E-state index in [9.17, 15) is 0 Å². The molecule has 0 N–H and O–H groups in total. The van der Waals surface area contributed by atoms with E-state index in [1.807, 2.05) is 0 Å². The predicted octanol–water partition coefficient (Wildman–Crippen LogP) is 5.95. The Labute approximate surface area is 174 Å². The number of nitrogens with zero attached hydrogens (tertiary/aromatic N) is 2. The SMILES string of the molecule is CC(C)=CC(CC(C)(C)c1ccc(C)cc1)N1CCC(N2CCCCC2)CC1. The summed E-state index contributed by atoms with van der Waals surface area (Å²) in [6, 6.07) is 10.6. The molecule has 0 radical (unpaired) electrons. The van der Waals surface area contributed by atoms with Gasteiger partial charge in [-0.3, -0.25) is 4.90 Å². The Balaban J connectivity index is 1.65. The summed E-state index contributed by atoms with van der Waals surface area (Å²) in [6.07, 6.45) is 10.7. The highest BCUT2D eigenvalue weighted by molar-refractivity contribution is 5.28. The van der Waals surface area contributed by atoms with Gasteiger partial charge in [0.05, 0.1) is 0 Å². The van der Waals surface area contributed by atoms with Gasteiger partial charge in [-0.1, -0.05) is 61.7 Å². The number of rotatable bonds is 6. The minimum Gasteiger partial charge on any atom is -0.300 e. The molecule has 1 aromatic carbocycles. The van der Waals surface area contributed by atoms with E-state index in [1.165, 1.54) is 81.4 Å². The molecule has 0 saturated carbocycles. The summed E-state index contributed by atoms with van der Waals surface area (Å²) in [6.45, 7) is 16.7. The van der Waals surface area contributed by atoms with Crippen LogP contribution in [0.3, 0.4) is 0 Å². The fourth-order valence-corrected chi connectivity index (χ4v) is 5.19. The van der Waals surface area contributed by atoms with Crippen LogP contribution in [0.2, 0.25) is 0 Å². The lowest BCUT2D eigenvalue weighted by molar-refractivity contribution is 0.0755. The van der Waals surface area contributed by atoms with Crippen LogP contribution in [0.25, 0.3) is 0 Å². The van der Waals surface area contributed by atoms with Gasteiger partial charge in [0.15, 0.2) is 0 Å². The van der Waals surface area contributed by atoms with Gasteiger partial charge in [0.2, 0.25) is 0 Å². The van der Waals surface area contributed by atoms with Gasteiger partial charge < -0.3 is 4.90 Å². The Morgan fingerprint density at radius 1 is 1.00 bits per heavy atom. The van der Waals surface area contributed by atoms with Crippen molar-refractivity contribution < 1.29 is 0 Å². The van der Waals surface area contributed by atoms with Crippen molar-refractivity contribution in [3.63, 3.8) is 0 Å². The highest BCUT2D eigenvalue weighted by Crippen LogP contribution is 2.32. The summed E-state index contributed by atoms with van der Waals surface area (Å²) in [4.78, 5) is 5.55. The molecule has 2 aliphatic heterocycles. The van der Waals surface area contributed by atoms with Crippen molar-refractivity contribution in [1.82, 2.24) is 9.80 Å². The second kappa shape index (κ2) is 9.59. The van der Waals surface area contributed by atoms with Crippen LogP contribution in [0.15, 0.2) is 35.9 Å². The lowest BCUT2D eigenvalue weighted by atomic mass is 9.78. The maximum Gasteiger partial charge on any atom is 0.0288 e. The molecule has 1 aromatic rings. The van der Waals surface area contributed by atoms with Gasteiger partial charge >= 0.3 is 0 Å². The van der Waals surface area contributed by atoms with E-state index in [4.69, 9.17) is 0 Å². The number of benzene rings is 1. The number of hydrogen-bond donors (Lipinski definition) is 0. The first-order chi connectivity index (χ1) is 13.3. The maximum atomic E-state index is 2.78. The molecule has 2 saturated heterocycles. The molecule has 0 amide bonds. The average molecular weight is 383 g/mol. The normalized spacial score (nSPS) is 21.5. The lowest BCUT2D eigenvalue weighted by Gasteiger charge is -2.43. The van der Waals surface area contributed by atoms with E-state index < -0.39 is 0 Å². The largest absolute Gasteiger partial charge is 0.300 e. The Kier molecular flexibility index (Phi) is 7.39. The van der Waals surface area contributed by atoms with E-state index in [-0.39, 0.29) is 5.41 Å². The quantitative estimate of drug-likeness (QED) is 0.561. The van der Waals surface area contributed by atoms with Gasteiger partial charge in [-0.15, -0.1) is 0 Å². The molecule has 156 valence electrons. The number of aryl methyl sites for hydroxylation is 1. The zero-order chi connectivity index (χ0) is 20.1. The first kappa shape index (κ1) is 21.6. The Morgan fingerprint density at radius 3 is 2.18 bits per heavy atom. The summed E-state index contributed by atoms with van der Waals surface area (Å²) >= 11 is 0. The number of piperidine rings is 2. The van der Waals surface area contributed by atoms with Gasteiger partial charge in [-0.25, -0.2) is 0 Å². The summed E-state index contributed by atoms with van der Waals surface area (Å²) < 4.78 is 0. The molecule has 2 aliphatic rings. The average Bonchev–Trinajstić information content (AvgIpc) is 2.68. The Morgan fingerprint density at radius 2 is 1.61 bits per heavy atom. The Bertz CT molecular complexity index is 625. The highest BCUT2D eigenvalue weighted by Gasteiger charge is 2.31. The molecule has 0 spiro atoms. The molecule has 2 nitrogen and oxygen atoms in total. The molecule has 0 aliphatic carbocycles. The molecule has 28 heavy (non-hydrogen) atoms. The third-order valence-electron chi connectivity index (χ3n) is 6.95. The molecule has 2 heterocycles. The van der Waals surface area contributed by atoms with E-state index in [0.717, 1.165) is 6.04 Å². The maximum absolute atomic E-state index is 2.78. The van der Waals surface area contributed by atoms with Crippen LogP contribution in [-0.2, 0) is 5.41 Å². The zero-order valence-corrected chi connectivity index (χ0v) is 19.0. The third kappa shape index (κ3) is 5.70. The number of likely N-dealkylation sites (tertiary alicyclic amines) is 2. The van der Waals surface area contributed by atoms with Crippen LogP contribution in [-0.4, -0.2) is 48.1 Å². The first-order valence-corrected chi connectivity index (χ1v) is 11.6. The molecular weight excluding hydrogens is 340 g/mol. The van der Waals surface area contributed by atoms with Crippen LogP contribution in [0.4, 0.5) is 0 Å². The lowest BCUT2D eigenvalue weighted by Crippen LogP contribution is -2.49. The standard InChI is InChI=1S/C26H42N2/c1-21(2)19-25(20-26(4,5)23-11-9-22(3)10-12-23)28-17-13-24(14-18-28)27-15-7-6-8-16-27/h9-12,19,24-25H,6-8,13-18,20H2,1-5H3. The first-order valence-electron chi connectivity index (χ1n) is 11.6. The van der Waals surface area contributed by atoms with Crippen molar-refractivity contribution in [2.45, 2.75) is 90.6 Å². The second-order valence-corrected chi connectivity index (χ2v) is 10.1. The van der Waals surface area contributed by atoms with Gasteiger partial charge in [0.1, 0.15) is 0 Å². The topological polar surface area (TPSA) is 6.48 Å². The van der Waals surface area contributed by atoms with Gasteiger partial charge in [0.25, 0.3) is 0 Å². The minimum atomic E-state index is 0.189. The zero-order valence-electron chi connectivity index (χ0n) is 19.0. The Hall–Kier alpha value is -1.12. The van der Waals surface area contributed by atoms with Crippen molar-refractivity contribution >= 4 is 0 Å². The van der Waals surface area contributed by atoms with Crippen molar-refractivity contribution in [3.05, 3.63) is 47.0 Å². The molecule has 1 atom stereocenters. The summed E-state index contributed by atoms with van der Waals surface area (Å²) in [5.41, 5.74) is 4.45. The van der Waals surface area contributed by atoms with Crippen LogP contribution < -0.4 is 0 Å². The van der Waals surface area contributed by atoms with Gasteiger partial charge in [-0.05, 0) is 76.9 Å². The van der Waals surface area contributed by atoms with E-state index in [2.05, 4.69) is 74.8 Å². The monoisotopic (exact) mass is 382 g/mol. The van der Waals surface area contributed by atoms with E-state index in [1.54, 1.807) is 0 Å². The van der Waals surface area contributed by atoms with Crippen molar-refractivity contribution in [1.29, 1.82) is 0 Å². The highest BCUT2D eigenvalue weighted by atomic mass is 15.2. The number of allylic oxidation sites excluding steroid dienone is 1. The van der Waals surface area contributed by atoms with Crippen molar-refractivity contribution in [3.8, 4) is 0 Å². The number of hydrogen-bond acceptors (Lipinski definition) is 2. The molecule has 3 rings (SSSR count). The molecule has 0 bridgehead atoms. The second-order valence-electron chi connectivity index (χ2n) is 10.1. The van der Waals surface area contributed by atoms with Crippen LogP contribution in [0.1, 0.15) is 77.3 Å². The minimum absolute atomic E-state index is 0.189. The molecule has 1 unspecified atom stereocenters. The van der Waals surface area contributed by atoms with Crippen LogP contribution in [0, 0.1) is 6.92 Å². The summed E-state index contributed by atoms with van der Waals surface area (Å²) in [5.74, 6) is 0.